The monoisotopic (exact) mass is 395 g/mol. The lowest BCUT2D eigenvalue weighted by molar-refractivity contribution is -0.146. The Bertz CT molecular complexity index is 642. The Hall–Kier alpha value is -0.630. The van der Waals surface area contributed by atoms with E-state index in [2.05, 4.69) is 15.9 Å². The van der Waals surface area contributed by atoms with E-state index >= 15 is 0 Å². The van der Waals surface area contributed by atoms with Crippen LogP contribution in [0.5, 0.6) is 0 Å². The first-order chi connectivity index (χ1) is 9.86. The maximum Gasteiger partial charge on any atom is 0.308 e. The first-order valence-electron chi connectivity index (χ1n) is 6.39. The van der Waals surface area contributed by atoms with Crippen molar-refractivity contribution in [1.29, 1.82) is 0 Å². The average molecular weight is 397 g/mol. The molecule has 1 heterocycles. The Morgan fingerprint density at radius 1 is 1.38 bits per heavy atom. The molecule has 1 saturated heterocycles. The van der Waals surface area contributed by atoms with Crippen molar-refractivity contribution in [2.45, 2.75) is 17.7 Å². The molecule has 116 valence electrons. The Balaban J connectivity index is 2.17. The second-order valence-corrected chi connectivity index (χ2v) is 8.01. The van der Waals surface area contributed by atoms with Crippen LogP contribution in [0.2, 0.25) is 5.02 Å². The first kappa shape index (κ1) is 16.7. The van der Waals surface area contributed by atoms with Gasteiger partial charge in [-0.2, -0.15) is 4.31 Å². The fraction of sp³-hybridized carbons (Fsp3) is 0.462. The van der Waals surface area contributed by atoms with Gasteiger partial charge in [0.25, 0.3) is 0 Å². The number of carbonyl (C=O) groups excluding carboxylic acids is 1. The summed E-state index contributed by atoms with van der Waals surface area (Å²) in [6, 6.07) is 4.67. The van der Waals surface area contributed by atoms with Gasteiger partial charge in [-0.1, -0.05) is 27.5 Å². The Morgan fingerprint density at radius 2 is 2.00 bits per heavy atom. The molecule has 1 aliphatic heterocycles. The molecule has 5 nitrogen and oxygen atoms in total. The van der Waals surface area contributed by atoms with Crippen molar-refractivity contribution in [3.63, 3.8) is 0 Å². The smallest absolute Gasteiger partial charge is 0.308 e. The zero-order valence-corrected chi connectivity index (χ0v) is 14.5. The highest BCUT2D eigenvalue weighted by Gasteiger charge is 2.33. The van der Waals surface area contributed by atoms with E-state index in [1.165, 1.54) is 17.5 Å². The second kappa shape index (κ2) is 6.64. The number of carbonyl (C=O) groups is 1. The van der Waals surface area contributed by atoms with Gasteiger partial charge in [-0.05, 0) is 31.0 Å². The molecule has 0 atom stereocenters. The number of nitrogens with zero attached hydrogens (tertiary/aromatic N) is 1. The van der Waals surface area contributed by atoms with Crippen LogP contribution in [0, 0.1) is 5.92 Å². The number of hydrogen-bond acceptors (Lipinski definition) is 4. The summed E-state index contributed by atoms with van der Waals surface area (Å²) >= 11 is 9.27. The van der Waals surface area contributed by atoms with Crippen LogP contribution in [0.3, 0.4) is 0 Å². The number of rotatable bonds is 3. The zero-order chi connectivity index (χ0) is 15.6. The fourth-order valence-electron chi connectivity index (χ4n) is 2.32. The summed E-state index contributed by atoms with van der Waals surface area (Å²) in [6.45, 7) is 0.572. The standard InChI is InChI=1S/C13H15BrClNO4S/c1-20-13(17)9-4-6-16(7-5-9)21(18,19)12-3-2-10(14)8-11(12)15/h2-3,8-9H,4-7H2,1H3. The van der Waals surface area contributed by atoms with Crippen molar-refractivity contribution in [3.8, 4) is 0 Å². The summed E-state index contributed by atoms with van der Waals surface area (Å²) in [5.41, 5.74) is 0. The maximum absolute atomic E-state index is 12.6. The van der Waals surface area contributed by atoms with Crippen molar-refractivity contribution in [1.82, 2.24) is 4.31 Å². The van der Waals surface area contributed by atoms with Crippen molar-refractivity contribution < 1.29 is 17.9 Å². The van der Waals surface area contributed by atoms with Gasteiger partial charge in [-0.3, -0.25) is 4.79 Å². The van der Waals surface area contributed by atoms with Crippen LogP contribution in [-0.4, -0.2) is 38.9 Å². The van der Waals surface area contributed by atoms with E-state index in [9.17, 15) is 13.2 Å². The van der Waals surface area contributed by atoms with Gasteiger partial charge in [0.2, 0.25) is 10.0 Å². The molecule has 0 bridgehead atoms. The topological polar surface area (TPSA) is 63.7 Å². The summed E-state index contributed by atoms with van der Waals surface area (Å²) in [5, 5.41) is 0.180. The predicted molar refractivity (Wildman–Crippen MR) is 82.7 cm³/mol. The van der Waals surface area contributed by atoms with E-state index in [0.29, 0.717) is 12.8 Å². The Kier molecular flexibility index (Phi) is 5.29. The van der Waals surface area contributed by atoms with Crippen molar-refractivity contribution in [2.75, 3.05) is 20.2 Å². The van der Waals surface area contributed by atoms with Crippen LogP contribution >= 0.6 is 27.5 Å². The largest absolute Gasteiger partial charge is 0.469 e. The molecular weight excluding hydrogens is 382 g/mol. The third-order valence-corrected chi connectivity index (χ3v) is 6.38. The van der Waals surface area contributed by atoms with Crippen LogP contribution in [0.25, 0.3) is 0 Å². The number of esters is 1. The Labute approximate surface area is 137 Å². The summed E-state index contributed by atoms with van der Waals surface area (Å²) in [6.07, 6.45) is 0.917. The van der Waals surface area contributed by atoms with Gasteiger partial charge in [0.05, 0.1) is 18.1 Å². The van der Waals surface area contributed by atoms with Gasteiger partial charge in [-0.25, -0.2) is 8.42 Å². The SMILES string of the molecule is COC(=O)C1CCN(S(=O)(=O)c2ccc(Br)cc2Cl)CC1. The third-order valence-electron chi connectivity index (χ3n) is 3.50. The highest BCUT2D eigenvalue weighted by atomic mass is 79.9. The van der Waals surface area contributed by atoms with Crippen LogP contribution in [-0.2, 0) is 19.6 Å². The second-order valence-electron chi connectivity index (χ2n) is 4.78. The van der Waals surface area contributed by atoms with Crippen molar-refractivity contribution in [2.24, 2.45) is 5.92 Å². The lowest BCUT2D eigenvalue weighted by Gasteiger charge is -2.30. The minimum atomic E-state index is -3.64. The molecule has 1 aliphatic rings. The number of ether oxygens (including phenoxy) is 1. The van der Waals surface area contributed by atoms with Crippen molar-refractivity contribution >= 4 is 43.5 Å². The average Bonchev–Trinajstić information content (AvgIpc) is 2.46. The molecular formula is C13H15BrClNO4S. The van der Waals surface area contributed by atoms with Crippen LogP contribution < -0.4 is 0 Å². The van der Waals surface area contributed by atoms with Crippen LogP contribution in [0.1, 0.15) is 12.8 Å². The van der Waals surface area contributed by atoms with E-state index in [1.54, 1.807) is 12.1 Å². The molecule has 0 unspecified atom stereocenters. The van der Waals surface area contributed by atoms with Gasteiger partial charge in [0, 0.05) is 17.6 Å². The molecule has 1 aromatic rings. The van der Waals surface area contributed by atoms with Gasteiger partial charge >= 0.3 is 5.97 Å². The number of methoxy groups -OCH3 is 1. The minimum absolute atomic E-state index is 0.0869. The molecule has 1 fully saturated rings. The van der Waals surface area contributed by atoms with E-state index in [1.807, 2.05) is 0 Å². The van der Waals surface area contributed by atoms with Gasteiger partial charge < -0.3 is 4.74 Å². The van der Waals surface area contributed by atoms with Crippen molar-refractivity contribution in [3.05, 3.63) is 27.7 Å². The highest BCUT2D eigenvalue weighted by Crippen LogP contribution is 2.30. The normalized spacial score (nSPS) is 17.7. The van der Waals surface area contributed by atoms with Gasteiger partial charge in [-0.15, -0.1) is 0 Å². The lowest BCUT2D eigenvalue weighted by Crippen LogP contribution is -2.40. The lowest BCUT2D eigenvalue weighted by atomic mass is 9.99. The summed E-state index contributed by atoms with van der Waals surface area (Å²) in [7, 11) is -2.30. The number of benzene rings is 1. The zero-order valence-electron chi connectivity index (χ0n) is 11.4. The molecule has 0 aromatic heterocycles. The van der Waals surface area contributed by atoms with Gasteiger partial charge in [0.1, 0.15) is 4.90 Å². The van der Waals surface area contributed by atoms with E-state index in [4.69, 9.17) is 16.3 Å². The number of sulfonamides is 1. The molecule has 0 amide bonds. The minimum Gasteiger partial charge on any atom is -0.469 e. The number of piperidine rings is 1. The first-order valence-corrected chi connectivity index (χ1v) is 9.00. The van der Waals surface area contributed by atoms with E-state index in [0.717, 1.165) is 4.47 Å². The third kappa shape index (κ3) is 3.59. The summed E-state index contributed by atoms with van der Waals surface area (Å²) in [5.74, 6) is -0.518. The molecule has 0 saturated carbocycles. The molecule has 0 N–H and O–H groups in total. The Morgan fingerprint density at radius 3 is 2.52 bits per heavy atom. The number of halogens is 2. The molecule has 8 heteroatoms. The molecule has 0 radical (unpaired) electrons. The maximum atomic E-state index is 12.6. The number of hydrogen-bond donors (Lipinski definition) is 0. The van der Waals surface area contributed by atoms with E-state index in [-0.39, 0.29) is 34.9 Å². The summed E-state index contributed by atoms with van der Waals surface area (Å²) in [4.78, 5) is 11.6. The van der Waals surface area contributed by atoms with E-state index < -0.39 is 10.0 Å². The fourth-order valence-corrected chi connectivity index (χ4v) is 4.80. The highest BCUT2D eigenvalue weighted by molar-refractivity contribution is 9.10. The predicted octanol–water partition coefficient (Wildman–Crippen LogP) is 2.68. The molecule has 1 aromatic carbocycles. The van der Waals surface area contributed by atoms with Crippen LogP contribution in [0.15, 0.2) is 27.6 Å². The molecule has 0 spiro atoms. The quantitative estimate of drug-likeness (QED) is 0.737. The molecule has 0 aliphatic carbocycles. The van der Waals surface area contributed by atoms with Crippen LogP contribution in [0.4, 0.5) is 0 Å². The molecule has 2 rings (SSSR count). The molecule has 21 heavy (non-hydrogen) atoms. The summed E-state index contributed by atoms with van der Waals surface area (Å²) < 4.78 is 31.9. The van der Waals surface area contributed by atoms with Gasteiger partial charge in [0.15, 0.2) is 0 Å².